The predicted molar refractivity (Wildman–Crippen MR) is 89.5 cm³/mol. The van der Waals surface area contributed by atoms with Gasteiger partial charge in [0.15, 0.2) is 0 Å². The van der Waals surface area contributed by atoms with Crippen molar-refractivity contribution >= 4 is 21.8 Å². The molecule has 1 unspecified atom stereocenters. The van der Waals surface area contributed by atoms with Gasteiger partial charge < -0.3 is 10.1 Å². The standard InChI is InChI=1S/C16H25BrN2O2/c1-11(15(20)18-16(2,3)4)19(5)10-12-9-13(17)7-8-14(12)21-6/h7-9,11H,10H2,1-6H3,(H,18,20). The molecule has 1 amide bonds. The fraction of sp³-hybridized carbons (Fsp3) is 0.562. The molecule has 1 aromatic rings. The van der Waals surface area contributed by atoms with Gasteiger partial charge in [0, 0.05) is 22.1 Å². The van der Waals surface area contributed by atoms with E-state index in [9.17, 15) is 4.79 Å². The number of amides is 1. The van der Waals surface area contributed by atoms with Gasteiger partial charge in [0.05, 0.1) is 13.2 Å². The maximum Gasteiger partial charge on any atom is 0.237 e. The topological polar surface area (TPSA) is 41.6 Å². The molecule has 0 saturated heterocycles. The lowest BCUT2D eigenvalue weighted by atomic mass is 10.1. The smallest absolute Gasteiger partial charge is 0.237 e. The van der Waals surface area contributed by atoms with Crippen LogP contribution < -0.4 is 10.1 Å². The third kappa shape index (κ3) is 5.67. The summed E-state index contributed by atoms with van der Waals surface area (Å²) in [6.45, 7) is 8.49. The molecule has 4 nitrogen and oxygen atoms in total. The van der Waals surface area contributed by atoms with Gasteiger partial charge in [0.25, 0.3) is 0 Å². The van der Waals surface area contributed by atoms with Crippen LogP contribution in [0.3, 0.4) is 0 Å². The number of hydrogen-bond donors (Lipinski definition) is 1. The summed E-state index contributed by atoms with van der Waals surface area (Å²) in [5, 5.41) is 3.00. The number of methoxy groups -OCH3 is 1. The molecule has 0 aromatic heterocycles. The number of carbonyl (C=O) groups is 1. The molecule has 0 radical (unpaired) electrons. The predicted octanol–water partition coefficient (Wildman–Crippen LogP) is 3.19. The van der Waals surface area contributed by atoms with Crippen molar-refractivity contribution in [2.45, 2.75) is 45.8 Å². The number of ether oxygens (including phenoxy) is 1. The highest BCUT2D eigenvalue weighted by atomic mass is 79.9. The molecule has 5 heteroatoms. The number of likely N-dealkylation sites (N-methyl/N-ethyl adjacent to an activating group) is 1. The average Bonchev–Trinajstić information content (AvgIpc) is 2.36. The van der Waals surface area contributed by atoms with Crippen LogP contribution in [-0.4, -0.2) is 36.5 Å². The van der Waals surface area contributed by atoms with E-state index in [0.717, 1.165) is 15.8 Å². The summed E-state index contributed by atoms with van der Waals surface area (Å²) in [7, 11) is 3.59. The minimum atomic E-state index is -0.223. The normalized spacial score (nSPS) is 13.1. The molecule has 0 heterocycles. The van der Waals surface area contributed by atoms with Crippen LogP contribution >= 0.6 is 15.9 Å². The van der Waals surface area contributed by atoms with Gasteiger partial charge >= 0.3 is 0 Å². The molecule has 0 aliphatic carbocycles. The molecule has 1 aromatic carbocycles. The Kier molecular flexibility index (Phi) is 6.23. The Balaban J connectivity index is 2.78. The molecule has 0 bridgehead atoms. The number of nitrogens with one attached hydrogen (secondary N) is 1. The van der Waals surface area contributed by atoms with E-state index >= 15 is 0 Å². The van der Waals surface area contributed by atoms with Crippen LogP contribution in [0, 0.1) is 0 Å². The highest BCUT2D eigenvalue weighted by molar-refractivity contribution is 9.10. The van der Waals surface area contributed by atoms with Crippen LogP contribution in [0.25, 0.3) is 0 Å². The number of halogens is 1. The second kappa shape index (κ2) is 7.27. The van der Waals surface area contributed by atoms with E-state index in [2.05, 4.69) is 21.2 Å². The van der Waals surface area contributed by atoms with Crippen LogP contribution in [0.4, 0.5) is 0 Å². The third-order valence-corrected chi connectivity index (χ3v) is 3.69. The minimum absolute atomic E-state index is 0.0268. The Hall–Kier alpha value is -1.07. The summed E-state index contributed by atoms with van der Waals surface area (Å²) >= 11 is 3.47. The monoisotopic (exact) mass is 356 g/mol. The number of rotatable bonds is 5. The molecule has 0 fully saturated rings. The zero-order chi connectivity index (χ0) is 16.2. The first-order chi connectivity index (χ1) is 9.64. The first-order valence-electron chi connectivity index (χ1n) is 6.98. The highest BCUT2D eigenvalue weighted by Crippen LogP contribution is 2.24. The van der Waals surface area contributed by atoms with E-state index < -0.39 is 0 Å². The van der Waals surface area contributed by atoms with E-state index in [4.69, 9.17) is 4.74 Å². The molecule has 1 rings (SSSR count). The highest BCUT2D eigenvalue weighted by Gasteiger charge is 2.23. The average molecular weight is 357 g/mol. The lowest BCUT2D eigenvalue weighted by molar-refractivity contribution is -0.127. The van der Waals surface area contributed by atoms with Crippen LogP contribution in [0.1, 0.15) is 33.3 Å². The van der Waals surface area contributed by atoms with Gasteiger partial charge in [-0.2, -0.15) is 0 Å². The van der Waals surface area contributed by atoms with Crippen molar-refractivity contribution in [2.24, 2.45) is 0 Å². The van der Waals surface area contributed by atoms with E-state index in [1.165, 1.54) is 0 Å². The van der Waals surface area contributed by atoms with Crippen LogP contribution in [0.2, 0.25) is 0 Å². The zero-order valence-electron chi connectivity index (χ0n) is 13.7. The molecule has 0 spiro atoms. The second-order valence-corrected chi connectivity index (χ2v) is 7.20. The van der Waals surface area contributed by atoms with Gasteiger partial charge in [-0.05, 0) is 52.9 Å². The van der Waals surface area contributed by atoms with Crippen LogP contribution in [0.5, 0.6) is 5.75 Å². The largest absolute Gasteiger partial charge is 0.496 e. The van der Waals surface area contributed by atoms with Crippen molar-refractivity contribution in [3.05, 3.63) is 28.2 Å². The number of benzene rings is 1. The van der Waals surface area contributed by atoms with E-state index in [0.29, 0.717) is 6.54 Å². The maximum atomic E-state index is 12.2. The van der Waals surface area contributed by atoms with Crippen LogP contribution in [-0.2, 0) is 11.3 Å². The summed E-state index contributed by atoms with van der Waals surface area (Å²) in [4.78, 5) is 14.2. The van der Waals surface area contributed by atoms with Gasteiger partial charge in [-0.3, -0.25) is 9.69 Å². The number of hydrogen-bond acceptors (Lipinski definition) is 3. The SMILES string of the molecule is COc1ccc(Br)cc1CN(C)C(C)C(=O)NC(C)(C)C. The van der Waals surface area contributed by atoms with Crippen molar-refractivity contribution in [1.29, 1.82) is 0 Å². The Morgan fingerprint density at radius 3 is 2.57 bits per heavy atom. The molecule has 1 atom stereocenters. The summed E-state index contributed by atoms with van der Waals surface area (Å²) in [5.74, 6) is 0.854. The lowest BCUT2D eigenvalue weighted by Crippen LogP contribution is -2.49. The summed E-state index contributed by atoms with van der Waals surface area (Å²) in [6.07, 6.45) is 0. The molecular formula is C16H25BrN2O2. The molecule has 1 N–H and O–H groups in total. The first-order valence-corrected chi connectivity index (χ1v) is 7.78. The summed E-state index contributed by atoms with van der Waals surface area (Å²) in [6, 6.07) is 5.67. The summed E-state index contributed by atoms with van der Waals surface area (Å²) in [5.41, 5.74) is 0.824. The lowest BCUT2D eigenvalue weighted by Gasteiger charge is -2.28. The molecule has 118 valence electrons. The Bertz CT molecular complexity index is 498. The van der Waals surface area contributed by atoms with E-state index in [-0.39, 0.29) is 17.5 Å². The number of carbonyl (C=O) groups excluding carboxylic acids is 1. The second-order valence-electron chi connectivity index (χ2n) is 6.29. The Morgan fingerprint density at radius 2 is 2.05 bits per heavy atom. The van der Waals surface area contributed by atoms with Gasteiger partial charge in [-0.15, -0.1) is 0 Å². The Morgan fingerprint density at radius 1 is 1.43 bits per heavy atom. The van der Waals surface area contributed by atoms with E-state index in [1.807, 2.05) is 57.8 Å². The molecule has 21 heavy (non-hydrogen) atoms. The van der Waals surface area contributed by atoms with Crippen molar-refractivity contribution in [1.82, 2.24) is 10.2 Å². The van der Waals surface area contributed by atoms with Crippen molar-refractivity contribution < 1.29 is 9.53 Å². The quantitative estimate of drug-likeness (QED) is 0.880. The first kappa shape index (κ1) is 18.0. The number of nitrogens with zero attached hydrogens (tertiary/aromatic N) is 1. The molecule has 0 saturated carbocycles. The minimum Gasteiger partial charge on any atom is -0.496 e. The fourth-order valence-corrected chi connectivity index (χ4v) is 2.36. The maximum absolute atomic E-state index is 12.2. The molecular weight excluding hydrogens is 332 g/mol. The van der Waals surface area contributed by atoms with Gasteiger partial charge in [-0.25, -0.2) is 0 Å². The summed E-state index contributed by atoms with van der Waals surface area (Å²) < 4.78 is 6.37. The molecule has 0 aliphatic heterocycles. The van der Waals surface area contributed by atoms with Gasteiger partial charge in [0.2, 0.25) is 5.91 Å². The Labute approximate surface area is 136 Å². The zero-order valence-corrected chi connectivity index (χ0v) is 15.2. The molecule has 0 aliphatic rings. The van der Waals surface area contributed by atoms with Crippen molar-refractivity contribution in [3.63, 3.8) is 0 Å². The van der Waals surface area contributed by atoms with Crippen molar-refractivity contribution in [3.8, 4) is 5.75 Å². The van der Waals surface area contributed by atoms with E-state index in [1.54, 1.807) is 7.11 Å². The van der Waals surface area contributed by atoms with Gasteiger partial charge in [-0.1, -0.05) is 15.9 Å². The third-order valence-electron chi connectivity index (χ3n) is 3.20. The fourth-order valence-electron chi connectivity index (χ4n) is 1.95. The van der Waals surface area contributed by atoms with Crippen LogP contribution in [0.15, 0.2) is 22.7 Å². The van der Waals surface area contributed by atoms with Gasteiger partial charge in [0.1, 0.15) is 5.75 Å². The van der Waals surface area contributed by atoms with Crippen molar-refractivity contribution in [2.75, 3.05) is 14.2 Å².